The molecule has 0 aliphatic rings. The van der Waals surface area contributed by atoms with Crippen LogP contribution < -0.4 is 4.74 Å². The van der Waals surface area contributed by atoms with E-state index in [1.165, 1.54) is 17.3 Å². The molecule has 112 valence electrons. The van der Waals surface area contributed by atoms with Crippen LogP contribution in [0.15, 0.2) is 53.7 Å². The molecule has 1 N–H and O–H groups in total. The van der Waals surface area contributed by atoms with Crippen LogP contribution in [0.5, 0.6) is 5.75 Å². The molecule has 0 saturated carbocycles. The summed E-state index contributed by atoms with van der Waals surface area (Å²) in [6.45, 7) is 4.56. The Hall–Kier alpha value is -1.52. The zero-order chi connectivity index (χ0) is 15.1. The largest absolute Gasteiger partial charge is 0.491 e. The number of para-hydroxylation sites is 1. The fraction of sp³-hybridized carbons (Fsp3) is 0.353. The number of aliphatic hydroxyl groups is 1. The molecule has 0 saturated heterocycles. The summed E-state index contributed by atoms with van der Waals surface area (Å²) in [7, 11) is 0. The molecule has 1 aromatic heterocycles. The van der Waals surface area contributed by atoms with Crippen molar-refractivity contribution in [1.82, 2.24) is 4.98 Å². The summed E-state index contributed by atoms with van der Waals surface area (Å²) in [5, 5.41) is 10.9. The van der Waals surface area contributed by atoms with Crippen LogP contribution in [0, 0.1) is 0 Å². The van der Waals surface area contributed by atoms with E-state index >= 15 is 0 Å². The molecule has 0 radical (unpaired) electrons. The summed E-state index contributed by atoms with van der Waals surface area (Å²) < 4.78 is 5.76. The van der Waals surface area contributed by atoms with Crippen molar-refractivity contribution >= 4 is 11.8 Å². The first-order valence-electron chi connectivity index (χ1n) is 7.10. The highest BCUT2D eigenvalue weighted by molar-refractivity contribution is 7.99. The Morgan fingerprint density at radius 3 is 2.62 bits per heavy atom. The Bertz CT molecular complexity index is 545. The number of hydrogen-bond donors (Lipinski definition) is 1. The number of rotatable bonds is 7. The highest BCUT2D eigenvalue weighted by Gasteiger charge is 2.10. The van der Waals surface area contributed by atoms with Gasteiger partial charge in [0.15, 0.2) is 0 Å². The van der Waals surface area contributed by atoms with Crippen LogP contribution in [-0.2, 0) is 0 Å². The van der Waals surface area contributed by atoms with Gasteiger partial charge in [-0.25, -0.2) is 4.98 Å². The number of aliphatic hydroxyl groups excluding tert-OH is 1. The lowest BCUT2D eigenvalue weighted by Crippen LogP contribution is -2.20. The van der Waals surface area contributed by atoms with Gasteiger partial charge in [0.2, 0.25) is 0 Å². The molecule has 0 spiro atoms. The molecular weight excluding hydrogens is 282 g/mol. The van der Waals surface area contributed by atoms with Crippen molar-refractivity contribution in [3.8, 4) is 5.75 Å². The van der Waals surface area contributed by atoms with Gasteiger partial charge in [0.25, 0.3) is 0 Å². The number of benzene rings is 1. The van der Waals surface area contributed by atoms with Gasteiger partial charge in [0.05, 0.1) is 11.1 Å². The standard InChI is InChI=1S/C17H21NO2S/c1-13(2)15-7-3-4-8-16(15)20-11-14(19)12-21-17-9-5-6-10-18-17/h3-10,13-14,19H,11-12H2,1-2H3/t14-/m1/s1. The maximum absolute atomic E-state index is 10.0. The van der Waals surface area contributed by atoms with Crippen LogP contribution >= 0.6 is 11.8 Å². The van der Waals surface area contributed by atoms with E-state index in [9.17, 15) is 5.11 Å². The Morgan fingerprint density at radius 2 is 1.90 bits per heavy atom. The third kappa shape index (κ3) is 5.06. The van der Waals surface area contributed by atoms with Gasteiger partial charge >= 0.3 is 0 Å². The summed E-state index contributed by atoms with van der Waals surface area (Å²) in [6.07, 6.45) is 1.24. The average molecular weight is 303 g/mol. The summed E-state index contributed by atoms with van der Waals surface area (Å²) in [4.78, 5) is 4.22. The van der Waals surface area contributed by atoms with Crippen LogP contribution in [-0.4, -0.2) is 28.6 Å². The predicted octanol–water partition coefficient (Wildman–Crippen LogP) is 3.74. The second-order valence-electron chi connectivity index (χ2n) is 5.14. The molecule has 2 rings (SSSR count). The van der Waals surface area contributed by atoms with E-state index < -0.39 is 6.10 Å². The predicted molar refractivity (Wildman–Crippen MR) is 87.0 cm³/mol. The van der Waals surface area contributed by atoms with Crippen LogP contribution in [0.2, 0.25) is 0 Å². The lowest BCUT2D eigenvalue weighted by atomic mass is 10.0. The van der Waals surface area contributed by atoms with Crippen molar-refractivity contribution in [2.75, 3.05) is 12.4 Å². The van der Waals surface area contributed by atoms with Crippen molar-refractivity contribution in [3.05, 3.63) is 54.2 Å². The molecule has 0 aliphatic carbocycles. The normalized spacial score (nSPS) is 12.4. The topological polar surface area (TPSA) is 42.4 Å². The minimum absolute atomic E-state index is 0.295. The zero-order valence-corrected chi connectivity index (χ0v) is 13.2. The molecule has 2 aromatic rings. The second kappa shape index (κ2) is 8.05. The Balaban J connectivity index is 1.83. The van der Waals surface area contributed by atoms with Crippen LogP contribution in [0.3, 0.4) is 0 Å². The molecule has 0 aliphatic heterocycles. The van der Waals surface area contributed by atoms with E-state index in [0.717, 1.165) is 10.8 Å². The van der Waals surface area contributed by atoms with Crippen molar-refractivity contribution in [3.63, 3.8) is 0 Å². The fourth-order valence-corrected chi connectivity index (χ4v) is 2.71. The molecule has 4 heteroatoms. The molecule has 0 fully saturated rings. The quantitative estimate of drug-likeness (QED) is 0.791. The van der Waals surface area contributed by atoms with E-state index in [1.807, 2.05) is 36.4 Å². The van der Waals surface area contributed by atoms with Gasteiger partial charge in [0.1, 0.15) is 12.4 Å². The van der Waals surface area contributed by atoms with Gasteiger partial charge in [0, 0.05) is 11.9 Å². The van der Waals surface area contributed by atoms with Crippen LogP contribution in [0.25, 0.3) is 0 Å². The van der Waals surface area contributed by atoms with E-state index in [-0.39, 0.29) is 0 Å². The molecule has 3 nitrogen and oxygen atoms in total. The van der Waals surface area contributed by atoms with Gasteiger partial charge < -0.3 is 9.84 Å². The summed E-state index contributed by atoms with van der Waals surface area (Å²) in [5.41, 5.74) is 1.17. The number of aromatic nitrogens is 1. The van der Waals surface area contributed by atoms with Gasteiger partial charge in [-0.2, -0.15) is 0 Å². The molecule has 0 unspecified atom stereocenters. The zero-order valence-electron chi connectivity index (χ0n) is 12.4. The smallest absolute Gasteiger partial charge is 0.122 e. The Labute approximate surface area is 130 Å². The minimum atomic E-state index is -0.516. The van der Waals surface area contributed by atoms with Crippen molar-refractivity contribution in [2.24, 2.45) is 0 Å². The SMILES string of the molecule is CC(C)c1ccccc1OC[C@@H](O)CSc1ccccn1. The summed E-state index contributed by atoms with van der Waals surface area (Å²) in [5.74, 6) is 1.83. The third-order valence-electron chi connectivity index (χ3n) is 3.03. The highest BCUT2D eigenvalue weighted by atomic mass is 32.2. The monoisotopic (exact) mass is 303 g/mol. The molecule has 1 atom stereocenters. The first-order chi connectivity index (χ1) is 10.2. The van der Waals surface area contributed by atoms with Gasteiger partial charge in [-0.05, 0) is 29.7 Å². The third-order valence-corrected chi connectivity index (χ3v) is 4.12. The lowest BCUT2D eigenvalue weighted by Gasteiger charge is -2.16. The Morgan fingerprint density at radius 1 is 1.14 bits per heavy atom. The number of thioether (sulfide) groups is 1. The average Bonchev–Trinajstić information content (AvgIpc) is 2.52. The summed E-state index contributed by atoms with van der Waals surface area (Å²) >= 11 is 1.53. The molecule has 1 heterocycles. The minimum Gasteiger partial charge on any atom is -0.491 e. The van der Waals surface area contributed by atoms with E-state index in [2.05, 4.69) is 24.9 Å². The second-order valence-corrected chi connectivity index (χ2v) is 6.18. The fourth-order valence-electron chi connectivity index (χ4n) is 1.94. The van der Waals surface area contributed by atoms with Crippen molar-refractivity contribution in [2.45, 2.75) is 30.9 Å². The van der Waals surface area contributed by atoms with E-state index in [4.69, 9.17) is 4.74 Å². The van der Waals surface area contributed by atoms with Crippen LogP contribution in [0.1, 0.15) is 25.3 Å². The highest BCUT2D eigenvalue weighted by Crippen LogP contribution is 2.26. The Kier molecular flexibility index (Phi) is 6.08. The van der Waals surface area contributed by atoms with E-state index in [0.29, 0.717) is 18.3 Å². The number of pyridine rings is 1. The number of ether oxygens (including phenoxy) is 1. The molecule has 21 heavy (non-hydrogen) atoms. The summed E-state index contributed by atoms with van der Waals surface area (Å²) in [6, 6.07) is 13.7. The molecule has 1 aromatic carbocycles. The van der Waals surface area contributed by atoms with Gasteiger partial charge in [-0.1, -0.05) is 38.1 Å². The number of nitrogens with zero attached hydrogens (tertiary/aromatic N) is 1. The maximum atomic E-state index is 10.0. The van der Waals surface area contributed by atoms with Gasteiger partial charge in [-0.15, -0.1) is 11.8 Å². The first kappa shape index (κ1) is 15.9. The number of hydrogen-bond acceptors (Lipinski definition) is 4. The van der Waals surface area contributed by atoms with E-state index in [1.54, 1.807) is 6.20 Å². The van der Waals surface area contributed by atoms with Gasteiger partial charge in [-0.3, -0.25) is 0 Å². The van der Waals surface area contributed by atoms with Crippen molar-refractivity contribution < 1.29 is 9.84 Å². The first-order valence-corrected chi connectivity index (χ1v) is 8.09. The van der Waals surface area contributed by atoms with Crippen LogP contribution in [0.4, 0.5) is 0 Å². The lowest BCUT2D eigenvalue weighted by molar-refractivity contribution is 0.125. The maximum Gasteiger partial charge on any atom is 0.122 e. The molecule has 0 amide bonds. The molecule has 0 bridgehead atoms. The molecular formula is C17H21NO2S. The van der Waals surface area contributed by atoms with Crippen molar-refractivity contribution in [1.29, 1.82) is 0 Å².